The number of aryl methyl sites for hydroxylation is 1. The Morgan fingerprint density at radius 3 is 2.46 bits per heavy atom. The van der Waals surface area contributed by atoms with Gasteiger partial charge in [0.15, 0.2) is 0 Å². The fraction of sp³-hybridized carbons (Fsp3) is 0.500. The van der Waals surface area contributed by atoms with E-state index in [1.807, 2.05) is 0 Å². The molecule has 0 aliphatic carbocycles. The van der Waals surface area contributed by atoms with Crippen LogP contribution in [0.25, 0.3) is 0 Å². The first-order valence-corrected chi connectivity index (χ1v) is 7.50. The Kier molecular flexibility index (Phi) is 5.15. The number of rotatable bonds is 2. The average molecular weight is 346 g/mol. The smallest absolute Gasteiger partial charge is 0.352 e. The monoisotopic (exact) mass is 346 g/mol. The molecule has 0 saturated carbocycles. The van der Waals surface area contributed by atoms with Crippen LogP contribution >= 0.6 is 0 Å². The lowest BCUT2D eigenvalue weighted by Gasteiger charge is -2.40. The summed E-state index contributed by atoms with van der Waals surface area (Å²) < 4.78 is 53.1. The highest BCUT2D eigenvalue weighted by molar-refractivity contribution is 5.94. The Labute approximate surface area is 136 Å². The number of halogens is 4. The van der Waals surface area contributed by atoms with E-state index >= 15 is 0 Å². The molecule has 24 heavy (non-hydrogen) atoms. The Morgan fingerprint density at radius 2 is 1.92 bits per heavy atom. The topological polar surface area (TPSA) is 49.4 Å². The zero-order valence-corrected chi connectivity index (χ0v) is 13.3. The van der Waals surface area contributed by atoms with Gasteiger partial charge in [0.05, 0.1) is 0 Å². The van der Waals surface area contributed by atoms with Crippen molar-refractivity contribution < 1.29 is 27.2 Å². The number of benzene rings is 1. The summed E-state index contributed by atoms with van der Waals surface area (Å²) in [7, 11) is 0. The summed E-state index contributed by atoms with van der Waals surface area (Å²) in [5, 5.41) is 2.55. The highest BCUT2D eigenvalue weighted by Gasteiger charge is 2.48. The largest absolute Gasteiger partial charge is 0.408 e. The third-order valence-corrected chi connectivity index (χ3v) is 4.03. The van der Waals surface area contributed by atoms with Crippen molar-refractivity contribution >= 4 is 11.8 Å². The van der Waals surface area contributed by atoms with Gasteiger partial charge in [-0.3, -0.25) is 9.59 Å². The first kappa shape index (κ1) is 18.2. The summed E-state index contributed by atoms with van der Waals surface area (Å²) in [6.07, 6.45) is -4.72. The Bertz CT molecular complexity index is 645. The fourth-order valence-electron chi connectivity index (χ4n) is 2.88. The number of alkyl halides is 3. The van der Waals surface area contributed by atoms with E-state index in [0.717, 1.165) is 11.0 Å². The predicted octanol–water partition coefficient (Wildman–Crippen LogP) is 2.81. The number of nitrogens with one attached hydrogen (secondary N) is 1. The van der Waals surface area contributed by atoms with Gasteiger partial charge in [-0.2, -0.15) is 13.2 Å². The summed E-state index contributed by atoms with van der Waals surface area (Å²) in [6.45, 7) is 2.47. The summed E-state index contributed by atoms with van der Waals surface area (Å²) in [6, 6.07) is 1.00. The molecule has 0 spiro atoms. The summed E-state index contributed by atoms with van der Waals surface area (Å²) >= 11 is 0. The summed E-state index contributed by atoms with van der Waals surface area (Å²) in [5.74, 6) is -1.72. The molecule has 4 nitrogen and oxygen atoms in total. The van der Waals surface area contributed by atoms with E-state index < -0.39 is 30.0 Å². The van der Waals surface area contributed by atoms with Crippen molar-refractivity contribution in [3.05, 3.63) is 35.1 Å². The number of hydrogen-bond acceptors (Lipinski definition) is 2. The van der Waals surface area contributed by atoms with Gasteiger partial charge in [0.25, 0.3) is 5.91 Å². The molecule has 0 unspecified atom stereocenters. The molecule has 1 N–H and O–H groups in total. The molecule has 0 aromatic heterocycles. The van der Waals surface area contributed by atoms with Gasteiger partial charge in [0.2, 0.25) is 5.91 Å². The van der Waals surface area contributed by atoms with Gasteiger partial charge in [-0.15, -0.1) is 0 Å². The van der Waals surface area contributed by atoms with Crippen LogP contribution in [0.4, 0.5) is 17.6 Å². The molecule has 1 fully saturated rings. The van der Waals surface area contributed by atoms with Crippen LogP contribution < -0.4 is 5.32 Å². The zero-order valence-electron chi connectivity index (χ0n) is 13.3. The van der Waals surface area contributed by atoms with Crippen LogP contribution in [0.2, 0.25) is 0 Å². The lowest BCUT2D eigenvalue weighted by molar-refractivity contribution is -0.184. The maximum atomic E-state index is 13.3. The molecule has 0 bridgehead atoms. The van der Waals surface area contributed by atoms with E-state index in [2.05, 4.69) is 5.32 Å². The van der Waals surface area contributed by atoms with Crippen LogP contribution in [0, 0.1) is 12.7 Å². The Balaban J connectivity index is 2.29. The molecule has 1 saturated heterocycles. The van der Waals surface area contributed by atoms with Crippen LogP contribution in [-0.2, 0) is 4.79 Å². The minimum Gasteiger partial charge on any atom is -0.352 e. The normalized spacial score (nSPS) is 21.5. The molecule has 8 heteroatoms. The predicted molar refractivity (Wildman–Crippen MR) is 78.9 cm³/mol. The van der Waals surface area contributed by atoms with Gasteiger partial charge in [0, 0.05) is 25.1 Å². The van der Waals surface area contributed by atoms with Crippen LogP contribution in [-0.4, -0.2) is 41.5 Å². The zero-order chi connectivity index (χ0) is 18.1. The van der Waals surface area contributed by atoms with Crippen LogP contribution in [0.5, 0.6) is 0 Å². The standard InChI is InChI=1S/C16H18F4N2O2/c1-9-7-11(3-5-13(9)17)15(24)22-8-12(21-10(2)23)4-6-14(22)16(18,19)20/h3,5,7,12,14H,4,6,8H2,1-2H3,(H,21,23)/t12-,14-/m0/s1. The number of likely N-dealkylation sites (tertiary alicyclic amines) is 1. The molecule has 2 amide bonds. The maximum absolute atomic E-state index is 13.3. The van der Waals surface area contributed by atoms with Gasteiger partial charge in [0.1, 0.15) is 11.9 Å². The van der Waals surface area contributed by atoms with Gasteiger partial charge in [-0.25, -0.2) is 4.39 Å². The van der Waals surface area contributed by atoms with Gasteiger partial charge >= 0.3 is 6.18 Å². The van der Waals surface area contributed by atoms with Crippen molar-refractivity contribution in [3.8, 4) is 0 Å². The fourth-order valence-corrected chi connectivity index (χ4v) is 2.88. The second kappa shape index (κ2) is 6.78. The SMILES string of the molecule is CC(=O)N[C@H]1CC[C@@H](C(F)(F)F)N(C(=O)c2ccc(F)c(C)c2)C1. The number of carbonyl (C=O) groups is 2. The Hall–Kier alpha value is -2.12. The van der Waals surface area contributed by atoms with Crippen LogP contribution in [0.3, 0.4) is 0 Å². The molecule has 1 aromatic rings. The van der Waals surface area contributed by atoms with E-state index in [-0.39, 0.29) is 36.4 Å². The first-order chi connectivity index (χ1) is 11.1. The van der Waals surface area contributed by atoms with Crippen LogP contribution in [0.1, 0.15) is 35.7 Å². The number of piperidine rings is 1. The molecule has 2 rings (SSSR count). The first-order valence-electron chi connectivity index (χ1n) is 7.50. The molecule has 1 heterocycles. The van der Waals surface area contributed by atoms with Crippen molar-refractivity contribution in [1.29, 1.82) is 0 Å². The summed E-state index contributed by atoms with van der Waals surface area (Å²) in [4.78, 5) is 24.4. The molecular weight excluding hydrogens is 328 g/mol. The number of hydrogen-bond donors (Lipinski definition) is 1. The second-order valence-electron chi connectivity index (χ2n) is 5.95. The third kappa shape index (κ3) is 4.04. The van der Waals surface area contributed by atoms with Gasteiger partial charge < -0.3 is 10.2 Å². The third-order valence-electron chi connectivity index (χ3n) is 4.03. The number of amides is 2. The molecule has 2 atom stereocenters. The highest BCUT2D eigenvalue weighted by Crippen LogP contribution is 2.33. The van der Waals surface area contributed by atoms with Gasteiger partial charge in [-0.05, 0) is 43.5 Å². The minimum absolute atomic E-state index is 0.00775. The lowest BCUT2D eigenvalue weighted by atomic mass is 9.96. The average Bonchev–Trinajstić information content (AvgIpc) is 2.47. The lowest BCUT2D eigenvalue weighted by Crippen LogP contribution is -2.58. The maximum Gasteiger partial charge on any atom is 0.408 e. The molecule has 0 radical (unpaired) electrons. The molecular formula is C16H18F4N2O2. The second-order valence-corrected chi connectivity index (χ2v) is 5.95. The Morgan fingerprint density at radius 1 is 1.25 bits per heavy atom. The van der Waals surface area contributed by atoms with E-state index in [9.17, 15) is 27.2 Å². The minimum atomic E-state index is -4.56. The number of nitrogens with zero attached hydrogens (tertiary/aromatic N) is 1. The van der Waals surface area contributed by atoms with E-state index in [1.54, 1.807) is 0 Å². The van der Waals surface area contributed by atoms with E-state index in [4.69, 9.17) is 0 Å². The van der Waals surface area contributed by atoms with E-state index in [1.165, 1.54) is 26.0 Å². The van der Waals surface area contributed by atoms with E-state index in [0.29, 0.717) is 0 Å². The molecule has 1 aliphatic rings. The van der Waals surface area contributed by atoms with Crippen molar-refractivity contribution in [2.24, 2.45) is 0 Å². The molecule has 1 aromatic carbocycles. The van der Waals surface area contributed by atoms with Gasteiger partial charge in [-0.1, -0.05) is 0 Å². The van der Waals surface area contributed by atoms with Crippen molar-refractivity contribution in [3.63, 3.8) is 0 Å². The van der Waals surface area contributed by atoms with Crippen LogP contribution in [0.15, 0.2) is 18.2 Å². The number of carbonyl (C=O) groups excluding carboxylic acids is 2. The highest BCUT2D eigenvalue weighted by atomic mass is 19.4. The van der Waals surface area contributed by atoms with Crippen molar-refractivity contribution in [1.82, 2.24) is 10.2 Å². The summed E-state index contributed by atoms with van der Waals surface area (Å²) in [5.41, 5.74) is 0.173. The quantitative estimate of drug-likeness (QED) is 0.837. The molecule has 132 valence electrons. The molecule has 1 aliphatic heterocycles. The van der Waals surface area contributed by atoms with Crippen molar-refractivity contribution in [2.75, 3.05) is 6.54 Å². The van der Waals surface area contributed by atoms with Crippen molar-refractivity contribution in [2.45, 2.75) is 44.9 Å².